The summed E-state index contributed by atoms with van der Waals surface area (Å²) < 4.78 is 0. The minimum atomic E-state index is 0.154. The number of hydrogen-bond acceptors (Lipinski definition) is 1. The zero-order valence-corrected chi connectivity index (χ0v) is 12.2. The van der Waals surface area contributed by atoms with Crippen molar-refractivity contribution in [2.75, 3.05) is 6.54 Å². The Hall–Kier alpha value is -2.09. The zero-order chi connectivity index (χ0) is 14.5. The van der Waals surface area contributed by atoms with E-state index in [4.69, 9.17) is 0 Å². The Kier molecular flexibility index (Phi) is 4.05. The number of nitrogens with one attached hydrogen (secondary N) is 1. The van der Waals surface area contributed by atoms with Gasteiger partial charge in [-0.3, -0.25) is 4.79 Å². The molecular formula is C19H21NO. The third kappa shape index (κ3) is 3.52. The minimum Gasteiger partial charge on any atom is -0.355 e. The first-order chi connectivity index (χ1) is 10.3. The van der Waals surface area contributed by atoms with E-state index in [0.717, 1.165) is 13.0 Å². The van der Waals surface area contributed by atoms with Crippen LogP contribution in [-0.2, 0) is 16.6 Å². The van der Waals surface area contributed by atoms with E-state index in [1.807, 2.05) is 24.3 Å². The lowest BCUT2D eigenvalue weighted by Crippen LogP contribution is -2.32. The van der Waals surface area contributed by atoms with Gasteiger partial charge in [0.2, 0.25) is 5.91 Å². The third-order valence-corrected chi connectivity index (χ3v) is 4.35. The highest BCUT2D eigenvalue weighted by atomic mass is 16.1. The molecule has 2 nitrogen and oxygen atoms in total. The van der Waals surface area contributed by atoms with Gasteiger partial charge in [-0.15, -0.1) is 0 Å². The summed E-state index contributed by atoms with van der Waals surface area (Å²) in [4.78, 5) is 12.0. The van der Waals surface area contributed by atoms with Gasteiger partial charge in [-0.05, 0) is 30.4 Å². The van der Waals surface area contributed by atoms with Gasteiger partial charge in [-0.25, -0.2) is 0 Å². The molecule has 0 aromatic heterocycles. The summed E-state index contributed by atoms with van der Waals surface area (Å²) in [5.74, 6) is 0.154. The summed E-state index contributed by atoms with van der Waals surface area (Å²) in [6, 6.07) is 20.7. The van der Waals surface area contributed by atoms with Crippen molar-refractivity contribution >= 4 is 5.91 Å². The second kappa shape index (κ2) is 6.13. The predicted octanol–water partition coefficient (Wildman–Crippen LogP) is 3.47. The van der Waals surface area contributed by atoms with E-state index in [0.29, 0.717) is 6.42 Å². The van der Waals surface area contributed by atoms with Crippen LogP contribution < -0.4 is 5.32 Å². The third-order valence-electron chi connectivity index (χ3n) is 4.35. The minimum absolute atomic E-state index is 0.154. The molecule has 0 radical (unpaired) electrons. The molecule has 0 unspecified atom stereocenters. The van der Waals surface area contributed by atoms with E-state index in [-0.39, 0.29) is 11.3 Å². The standard InChI is InChI=1S/C19H21NO/c21-18(12-11-16-7-3-1-4-8-16)20-15-19(13-14-19)17-9-5-2-6-10-17/h1-10H,11-15H2,(H,20,21). The van der Waals surface area contributed by atoms with Crippen LogP contribution in [0.25, 0.3) is 0 Å². The van der Waals surface area contributed by atoms with Crippen molar-refractivity contribution in [3.8, 4) is 0 Å². The van der Waals surface area contributed by atoms with Gasteiger partial charge in [0.05, 0.1) is 0 Å². The van der Waals surface area contributed by atoms with Crippen LogP contribution in [0.2, 0.25) is 0 Å². The normalized spacial score (nSPS) is 15.4. The first-order valence-corrected chi connectivity index (χ1v) is 7.65. The van der Waals surface area contributed by atoms with Crippen LogP contribution in [0.5, 0.6) is 0 Å². The van der Waals surface area contributed by atoms with E-state index < -0.39 is 0 Å². The summed E-state index contributed by atoms with van der Waals surface area (Å²) >= 11 is 0. The van der Waals surface area contributed by atoms with Gasteiger partial charge in [0.25, 0.3) is 0 Å². The second-order valence-corrected chi connectivity index (χ2v) is 5.91. The number of benzene rings is 2. The lowest BCUT2D eigenvalue weighted by molar-refractivity contribution is -0.121. The van der Waals surface area contributed by atoms with Crippen LogP contribution in [0.3, 0.4) is 0 Å². The van der Waals surface area contributed by atoms with Gasteiger partial charge in [0.1, 0.15) is 0 Å². The highest BCUT2D eigenvalue weighted by Crippen LogP contribution is 2.47. The molecule has 1 N–H and O–H groups in total. The van der Waals surface area contributed by atoms with Crippen LogP contribution >= 0.6 is 0 Å². The Bertz CT molecular complexity index is 587. The molecule has 3 rings (SSSR count). The maximum absolute atomic E-state index is 12.0. The van der Waals surface area contributed by atoms with Crippen molar-refractivity contribution in [2.45, 2.75) is 31.1 Å². The highest BCUT2D eigenvalue weighted by molar-refractivity contribution is 5.76. The Balaban J connectivity index is 1.48. The molecule has 0 saturated heterocycles. The smallest absolute Gasteiger partial charge is 0.220 e. The van der Waals surface area contributed by atoms with E-state index in [1.165, 1.54) is 24.0 Å². The number of carbonyl (C=O) groups excluding carboxylic acids is 1. The van der Waals surface area contributed by atoms with E-state index >= 15 is 0 Å². The molecule has 0 bridgehead atoms. The van der Waals surface area contributed by atoms with Crippen molar-refractivity contribution in [3.63, 3.8) is 0 Å². The molecule has 21 heavy (non-hydrogen) atoms. The van der Waals surface area contributed by atoms with Crippen molar-refractivity contribution in [3.05, 3.63) is 71.8 Å². The van der Waals surface area contributed by atoms with Crippen LogP contribution in [0.1, 0.15) is 30.4 Å². The van der Waals surface area contributed by atoms with E-state index in [2.05, 4.69) is 41.7 Å². The molecule has 0 spiro atoms. The van der Waals surface area contributed by atoms with Crippen LogP contribution in [0.4, 0.5) is 0 Å². The predicted molar refractivity (Wildman–Crippen MR) is 85.1 cm³/mol. The van der Waals surface area contributed by atoms with Gasteiger partial charge in [-0.1, -0.05) is 60.7 Å². The van der Waals surface area contributed by atoms with Gasteiger partial charge in [0.15, 0.2) is 0 Å². The summed E-state index contributed by atoms with van der Waals surface area (Å²) in [7, 11) is 0. The first kappa shape index (κ1) is 13.9. The molecule has 2 aromatic rings. The fraction of sp³-hybridized carbons (Fsp3) is 0.316. The van der Waals surface area contributed by atoms with Crippen molar-refractivity contribution in [2.24, 2.45) is 0 Å². The maximum atomic E-state index is 12.0. The number of aryl methyl sites for hydroxylation is 1. The van der Waals surface area contributed by atoms with Crippen molar-refractivity contribution in [1.82, 2.24) is 5.32 Å². The number of hydrogen-bond donors (Lipinski definition) is 1. The SMILES string of the molecule is O=C(CCc1ccccc1)NCC1(c2ccccc2)CC1. The molecule has 0 atom stereocenters. The van der Waals surface area contributed by atoms with Crippen LogP contribution in [0, 0.1) is 0 Å². The summed E-state index contributed by atoms with van der Waals surface area (Å²) in [5, 5.41) is 3.12. The zero-order valence-electron chi connectivity index (χ0n) is 12.2. The molecule has 2 heteroatoms. The van der Waals surface area contributed by atoms with E-state index in [1.54, 1.807) is 0 Å². The average Bonchev–Trinajstić information content (AvgIpc) is 3.34. The molecule has 0 heterocycles. The Morgan fingerprint density at radius 3 is 2.19 bits per heavy atom. The van der Waals surface area contributed by atoms with Crippen LogP contribution in [-0.4, -0.2) is 12.5 Å². The highest BCUT2D eigenvalue weighted by Gasteiger charge is 2.44. The number of amides is 1. The topological polar surface area (TPSA) is 29.1 Å². The Morgan fingerprint density at radius 2 is 1.57 bits per heavy atom. The molecule has 1 saturated carbocycles. The molecular weight excluding hydrogens is 258 g/mol. The van der Waals surface area contributed by atoms with Gasteiger partial charge < -0.3 is 5.32 Å². The molecule has 1 fully saturated rings. The molecule has 2 aromatic carbocycles. The summed E-state index contributed by atoms with van der Waals surface area (Å²) in [6.07, 6.45) is 3.73. The fourth-order valence-corrected chi connectivity index (χ4v) is 2.77. The van der Waals surface area contributed by atoms with Gasteiger partial charge in [0, 0.05) is 18.4 Å². The van der Waals surface area contributed by atoms with Crippen molar-refractivity contribution < 1.29 is 4.79 Å². The molecule has 108 valence electrons. The van der Waals surface area contributed by atoms with Gasteiger partial charge in [-0.2, -0.15) is 0 Å². The summed E-state index contributed by atoms with van der Waals surface area (Å²) in [6.45, 7) is 0.768. The van der Waals surface area contributed by atoms with Gasteiger partial charge >= 0.3 is 0 Å². The molecule has 1 amide bonds. The molecule has 1 aliphatic rings. The lowest BCUT2D eigenvalue weighted by atomic mass is 9.96. The average molecular weight is 279 g/mol. The monoisotopic (exact) mass is 279 g/mol. The quantitative estimate of drug-likeness (QED) is 0.862. The first-order valence-electron chi connectivity index (χ1n) is 7.65. The summed E-state index contributed by atoms with van der Waals surface area (Å²) in [5.41, 5.74) is 2.77. The fourth-order valence-electron chi connectivity index (χ4n) is 2.77. The van der Waals surface area contributed by atoms with E-state index in [9.17, 15) is 4.79 Å². The number of rotatable bonds is 6. The van der Waals surface area contributed by atoms with Crippen molar-refractivity contribution in [1.29, 1.82) is 0 Å². The molecule has 1 aliphatic carbocycles. The maximum Gasteiger partial charge on any atom is 0.220 e. The Labute approximate surface area is 126 Å². The molecule has 0 aliphatic heterocycles. The number of carbonyl (C=O) groups is 1. The largest absolute Gasteiger partial charge is 0.355 e. The lowest BCUT2D eigenvalue weighted by Gasteiger charge is -2.16. The Morgan fingerprint density at radius 1 is 0.952 bits per heavy atom. The van der Waals surface area contributed by atoms with Crippen LogP contribution in [0.15, 0.2) is 60.7 Å². The second-order valence-electron chi connectivity index (χ2n) is 5.91.